The van der Waals surface area contributed by atoms with Gasteiger partial charge in [-0.05, 0) is 25.2 Å². The lowest BCUT2D eigenvalue weighted by atomic mass is 10.0. The Hall–Kier alpha value is -2.44. The fourth-order valence-electron chi connectivity index (χ4n) is 4.09. The van der Waals surface area contributed by atoms with Crippen LogP contribution in [0, 0.1) is 0 Å². The van der Waals surface area contributed by atoms with Crippen molar-refractivity contribution in [3.63, 3.8) is 0 Å². The molecular weight excluding hydrogens is 398 g/mol. The second kappa shape index (κ2) is 9.58. The summed E-state index contributed by atoms with van der Waals surface area (Å²) in [6.07, 6.45) is 0.899. The van der Waals surface area contributed by atoms with Crippen molar-refractivity contribution in [1.29, 1.82) is 0 Å². The largest absolute Gasteiger partial charge is 0.493 e. The summed E-state index contributed by atoms with van der Waals surface area (Å²) < 4.78 is 5.78. The molecule has 1 fully saturated rings. The Morgan fingerprint density at radius 1 is 1.13 bits per heavy atom. The summed E-state index contributed by atoms with van der Waals surface area (Å²) in [6.45, 7) is 5.46. The highest BCUT2D eigenvalue weighted by molar-refractivity contribution is 6.31. The van der Waals surface area contributed by atoms with Crippen molar-refractivity contribution in [1.82, 2.24) is 15.5 Å². The van der Waals surface area contributed by atoms with E-state index in [2.05, 4.69) is 44.6 Å². The van der Waals surface area contributed by atoms with Gasteiger partial charge in [0.25, 0.3) is 0 Å². The second-order valence-electron chi connectivity index (χ2n) is 7.83. The third-order valence-electron chi connectivity index (χ3n) is 5.86. The number of nitrogens with one attached hydrogen (secondary N) is 2. The lowest BCUT2D eigenvalue weighted by Crippen LogP contribution is -2.45. The predicted molar refractivity (Wildman–Crippen MR) is 124 cm³/mol. The van der Waals surface area contributed by atoms with Crippen LogP contribution in [0.15, 0.2) is 47.5 Å². The molecule has 6 nitrogen and oxygen atoms in total. The maximum absolute atomic E-state index is 6.61. The first-order valence-corrected chi connectivity index (χ1v) is 10.9. The van der Waals surface area contributed by atoms with Gasteiger partial charge in [-0.15, -0.1) is 0 Å². The number of halogens is 1. The number of anilines is 1. The number of nitrogens with zero attached hydrogens (tertiary/aromatic N) is 3. The van der Waals surface area contributed by atoms with Gasteiger partial charge in [0.1, 0.15) is 5.75 Å². The van der Waals surface area contributed by atoms with Gasteiger partial charge in [-0.25, -0.2) is 0 Å². The van der Waals surface area contributed by atoms with Crippen LogP contribution in [-0.4, -0.2) is 57.7 Å². The monoisotopic (exact) mass is 427 g/mol. The molecule has 0 bridgehead atoms. The van der Waals surface area contributed by atoms with Crippen LogP contribution in [0.3, 0.4) is 0 Å². The van der Waals surface area contributed by atoms with E-state index in [0.29, 0.717) is 13.2 Å². The number of piperazine rings is 1. The van der Waals surface area contributed by atoms with Gasteiger partial charge in [0, 0.05) is 68.0 Å². The van der Waals surface area contributed by atoms with E-state index in [4.69, 9.17) is 16.3 Å². The van der Waals surface area contributed by atoms with Crippen LogP contribution in [0.1, 0.15) is 23.6 Å². The molecule has 1 unspecified atom stereocenters. The summed E-state index contributed by atoms with van der Waals surface area (Å²) in [5.41, 5.74) is 3.48. The average molecular weight is 428 g/mol. The molecule has 2 aromatic rings. The van der Waals surface area contributed by atoms with E-state index in [9.17, 15) is 0 Å². The topological polar surface area (TPSA) is 52.1 Å². The van der Waals surface area contributed by atoms with Crippen LogP contribution >= 0.6 is 11.6 Å². The molecule has 0 saturated carbocycles. The molecule has 2 aromatic carbocycles. The molecule has 0 spiro atoms. The maximum Gasteiger partial charge on any atom is 0.191 e. The summed E-state index contributed by atoms with van der Waals surface area (Å²) in [4.78, 5) is 9.22. The molecule has 0 amide bonds. The molecule has 7 heteroatoms. The first kappa shape index (κ1) is 20.8. The number of aliphatic imine (C=N–C) groups is 1. The predicted octanol–water partition coefficient (Wildman–Crippen LogP) is 3.28. The van der Waals surface area contributed by atoms with Crippen LogP contribution in [0.5, 0.6) is 5.75 Å². The molecule has 2 heterocycles. The van der Waals surface area contributed by atoms with E-state index in [1.54, 1.807) is 7.05 Å². The van der Waals surface area contributed by atoms with Crippen molar-refractivity contribution in [3.8, 4) is 5.75 Å². The quantitative estimate of drug-likeness (QED) is 0.579. The van der Waals surface area contributed by atoms with E-state index in [0.717, 1.165) is 54.9 Å². The Labute approximate surface area is 183 Å². The smallest absolute Gasteiger partial charge is 0.191 e. The number of benzene rings is 2. The molecule has 160 valence electrons. The lowest BCUT2D eigenvalue weighted by molar-refractivity contribution is 0.261. The van der Waals surface area contributed by atoms with Crippen LogP contribution < -0.4 is 20.3 Å². The number of likely N-dealkylation sites (N-methyl/N-ethyl adjacent to an activating group) is 1. The van der Waals surface area contributed by atoms with Crippen molar-refractivity contribution < 1.29 is 4.74 Å². The van der Waals surface area contributed by atoms with Crippen molar-refractivity contribution in [2.45, 2.75) is 19.0 Å². The van der Waals surface area contributed by atoms with Gasteiger partial charge in [0.15, 0.2) is 5.96 Å². The number of ether oxygens (including phenoxy) is 1. The third kappa shape index (κ3) is 4.65. The second-order valence-corrected chi connectivity index (χ2v) is 8.23. The minimum atomic E-state index is 0.171. The molecule has 0 aromatic heterocycles. The number of hydrogen-bond acceptors (Lipinski definition) is 4. The molecule has 0 aliphatic carbocycles. The van der Waals surface area contributed by atoms with Gasteiger partial charge in [-0.2, -0.15) is 0 Å². The summed E-state index contributed by atoms with van der Waals surface area (Å²) in [6, 6.07) is 14.5. The Morgan fingerprint density at radius 3 is 2.73 bits per heavy atom. The molecule has 1 saturated heterocycles. The SMILES string of the molecule is CN=C(NCc1c(Cl)cccc1N1CCN(C)CC1)NC1CCOc2ccccc21. The maximum atomic E-state index is 6.61. The molecule has 0 radical (unpaired) electrons. The highest BCUT2D eigenvalue weighted by Crippen LogP contribution is 2.32. The number of guanidine groups is 1. The molecule has 2 aliphatic heterocycles. The Kier molecular flexibility index (Phi) is 6.65. The zero-order chi connectivity index (χ0) is 20.9. The first-order valence-electron chi connectivity index (χ1n) is 10.6. The number of fused-ring (bicyclic) bond motifs is 1. The molecule has 4 rings (SSSR count). The number of rotatable bonds is 4. The standard InChI is InChI=1S/C23H30ClN5O/c1-25-23(27-20-10-15-30-22-9-4-3-6-17(20)22)26-16-18-19(24)7-5-8-21(18)29-13-11-28(2)12-14-29/h3-9,20H,10-16H2,1-2H3,(H2,25,26,27). The molecule has 1 atom stereocenters. The van der Waals surface area contributed by atoms with E-state index >= 15 is 0 Å². The number of hydrogen-bond donors (Lipinski definition) is 2. The van der Waals surface area contributed by atoms with Crippen LogP contribution in [0.25, 0.3) is 0 Å². The van der Waals surface area contributed by atoms with Gasteiger partial charge < -0.3 is 25.2 Å². The van der Waals surface area contributed by atoms with Gasteiger partial charge in [0.2, 0.25) is 0 Å². The fourth-order valence-corrected chi connectivity index (χ4v) is 4.33. The molecule has 30 heavy (non-hydrogen) atoms. The highest BCUT2D eigenvalue weighted by atomic mass is 35.5. The Bertz CT molecular complexity index is 895. The molecule has 2 aliphatic rings. The van der Waals surface area contributed by atoms with Crippen LogP contribution in [0.4, 0.5) is 5.69 Å². The van der Waals surface area contributed by atoms with E-state index < -0.39 is 0 Å². The van der Waals surface area contributed by atoms with Gasteiger partial charge in [0.05, 0.1) is 12.6 Å². The summed E-state index contributed by atoms with van der Waals surface area (Å²) >= 11 is 6.61. The van der Waals surface area contributed by atoms with Crippen molar-refractivity contribution >= 4 is 23.2 Å². The van der Waals surface area contributed by atoms with Crippen molar-refractivity contribution in [3.05, 3.63) is 58.6 Å². The highest BCUT2D eigenvalue weighted by Gasteiger charge is 2.22. The van der Waals surface area contributed by atoms with Gasteiger partial charge >= 0.3 is 0 Å². The van der Waals surface area contributed by atoms with Gasteiger partial charge in [-0.1, -0.05) is 35.9 Å². The van der Waals surface area contributed by atoms with Gasteiger partial charge in [-0.3, -0.25) is 4.99 Å². The average Bonchev–Trinajstić information content (AvgIpc) is 2.78. The van der Waals surface area contributed by atoms with Crippen molar-refractivity contribution in [2.24, 2.45) is 4.99 Å². The first-order chi connectivity index (χ1) is 14.7. The number of para-hydroxylation sites is 1. The minimum absolute atomic E-state index is 0.171. The minimum Gasteiger partial charge on any atom is -0.493 e. The van der Waals surface area contributed by atoms with Crippen LogP contribution in [-0.2, 0) is 6.54 Å². The normalized spacial score (nSPS) is 19.8. The molecule has 2 N–H and O–H groups in total. The zero-order valence-electron chi connectivity index (χ0n) is 17.7. The van der Waals surface area contributed by atoms with Crippen LogP contribution in [0.2, 0.25) is 5.02 Å². The summed E-state index contributed by atoms with van der Waals surface area (Å²) in [5, 5.41) is 7.80. The Morgan fingerprint density at radius 2 is 1.93 bits per heavy atom. The third-order valence-corrected chi connectivity index (χ3v) is 6.22. The van der Waals surface area contributed by atoms with E-state index in [1.165, 1.54) is 11.3 Å². The summed E-state index contributed by atoms with van der Waals surface area (Å²) in [7, 11) is 3.97. The molecular formula is C23H30ClN5O. The summed E-state index contributed by atoms with van der Waals surface area (Å²) in [5.74, 6) is 1.71. The van der Waals surface area contributed by atoms with E-state index in [1.807, 2.05) is 30.3 Å². The van der Waals surface area contributed by atoms with E-state index in [-0.39, 0.29) is 6.04 Å². The zero-order valence-corrected chi connectivity index (χ0v) is 18.5. The lowest BCUT2D eigenvalue weighted by Gasteiger charge is -2.35. The fraction of sp³-hybridized carbons (Fsp3) is 0.435. The van der Waals surface area contributed by atoms with Crippen molar-refractivity contribution in [2.75, 3.05) is 51.8 Å². The Balaban J connectivity index is 1.45.